The summed E-state index contributed by atoms with van der Waals surface area (Å²) in [5.41, 5.74) is 2.84. The zero-order valence-electron chi connectivity index (χ0n) is 11.9. The molecule has 0 fully saturated rings. The molecule has 112 valence electrons. The lowest BCUT2D eigenvalue weighted by Crippen LogP contribution is -2.32. The number of thiophene rings is 1. The molecule has 2 aromatic heterocycles. The Hall–Kier alpha value is -1.76. The number of nitrogens with zero attached hydrogens (tertiary/aromatic N) is 3. The van der Waals surface area contributed by atoms with E-state index in [9.17, 15) is 0 Å². The number of hydrogen-bond acceptors (Lipinski definition) is 5. The van der Waals surface area contributed by atoms with Crippen LogP contribution in [0.15, 0.2) is 46.2 Å². The van der Waals surface area contributed by atoms with E-state index in [1.165, 1.54) is 11.1 Å². The van der Waals surface area contributed by atoms with Crippen molar-refractivity contribution in [3.63, 3.8) is 0 Å². The van der Waals surface area contributed by atoms with Gasteiger partial charge in [0.05, 0.1) is 11.5 Å². The molecule has 0 unspecified atom stereocenters. The Labute approximate surface area is 137 Å². The molecule has 0 amide bonds. The van der Waals surface area contributed by atoms with E-state index in [-0.39, 0.29) is 0 Å². The summed E-state index contributed by atoms with van der Waals surface area (Å²) >= 11 is 6.91. The van der Waals surface area contributed by atoms with Crippen LogP contribution in [-0.4, -0.2) is 21.2 Å². The first kappa shape index (κ1) is 13.9. The molecule has 0 radical (unpaired) electrons. The van der Waals surface area contributed by atoms with E-state index in [0.29, 0.717) is 17.4 Å². The molecule has 22 heavy (non-hydrogen) atoms. The van der Waals surface area contributed by atoms with Gasteiger partial charge in [0, 0.05) is 13.1 Å². The van der Waals surface area contributed by atoms with Crippen LogP contribution in [0.4, 0.5) is 0 Å². The second kappa shape index (κ2) is 5.79. The van der Waals surface area contributed by atoms with Gasteiger partial charge < -0.3 is 4.42 Å². The largest absolute Gasteiger partial charge is 0.408 e. The number of aromatic nitrogens is 2. The molecule has 1 aliphatic heterocycles. The van der Waals surface area contributed by atoms with Gasteiger partial charge in [-0.05, 0) is 41.2 Å². The molecule has 4 nitrogen and oxygen atoms in total. The SMILES string of the molecule is S=c1oc(-c2cccs2)nn1CN1CCc2ccccc2C1. The molecule has 3 heterocycles. The van der Waals surface area contributed by atoms with Crippen LogP contribution in [0.2, 0.25) is 0 Å². The second-order valence-corrected chi connectivity index (χ2v) is 6.66. The van der Waals surface area contributed by atoms with Gasteiger partial charge in [-0.3, -0.25) is 4.90 Å². The van der Waals surface area contributed by atoms with Crippen molar-refractivity contribution in [3.8, 4) is 10.8 Å². The Morgan fingerprint density at radius 1 is 1.18 bits per heavy atom. The summed E-state index contributed by atoms with van der Waals surface area (Å²) in [5, 5.41) is 6.53. The summed E-state index contributed by atoms with van der Waals surface area (Å²) in [6.45, 7) is 2.61. The van der Waals surface area contributed by atoms with E-state index in [2.05, 4.69) is 34.3 Å². The minimum Gasteiger partial charge on any atom is -0.408 e. The maximum absolute atomic E-state index is 5.62. The maximum atomic E-state index is 5.62. The van der Waals surface area contributed by atoms with Gasteiger partial charge >= 0.3 is 0 Å². The molecule has 1 aliphatic rings. The highest BCUT2D eigenvalue weighted by Crippen LogP contribution is 2.24. The summed E-state index contributed by atoms with van der Waals surface area (Å²) in [6.07, 6.45) is 1.07. The van der Waals surface area contributed by atoms with E-state index < -0.39 is 0 Å². The third kappa shape index (κ3) is 2.65. The predicted molar refractivity (Wildman–Crippen MR) is 89.2 cm³/mol. The lowest BCUT2D eigenvalue weighted by atomic mass is 10.0. The van der Waals surface area contributed by atoms with Crippen molar-refractivity contribution in [2.45, 2.75) is 19.6 Å². The van der Waals surface area contributed by atoms with Crippen molar-refractivity contribution in [2.75, 3.05) is 6.54 Å². The molecule has 0 saturated heterocycles. The van der Waals surface area contributed by atoms with Crippen LogP contribution in [0, 0.1) is 4.84 Å². The molecule has 0 saturated carbocycles. The number of hydrogen-bond donors (Lipinski definition) is 0. The third-order valence-corrected chi connectivity index (χ3v) is 5.03. The quantitative estimate of drug-likeness (QED) is 0.682. The monoisotopic (exact) mass is 329 g/mol. The molecular weight excluding hydrogens is 314 g/mol. The number of rotatable bonds is 3. The van der Waals surface area contributed by atoms with Gasteiger partial charge in [-0.15, -0.1) is 16.4 Å². The summed E-state index contributed by atoms with van der Waals surface area (Å²) in [6, 6.07) is 12.6. The Morgan fingerprint density at radius 2 is 2.05 bits per heavy atom. The van der Waals surface area contributed by atoms with Crippen LogP contribution in [0.1, 0.15) is 11.1 Å². The smallest absolute Gasteiger partial charge is 0.288 e. The van der Waals surface area contributed by atoms with E-state index >= 15 is 0 Å². The first-order valence-electron chi connectivity index (χ1n) is 7.20. The van der Waals surface area contributed by atoms with Crippen molar-refractivity contribution in [3.05, 3.63) is 57.7 Å². The van der Waals surface area contributed by atoms with Gasteiger partial charge in [-0.25, -0.2) is 4.68 Å². The normalized spacial score (nSPS) is 14.9. The highest BCUT2D eigenvalue weighted by molar-refractivity contribution is 7.71. The Balaban J connectivity index is 1.54. The fourth-order valence-corrected chi connectivity index (χ4v) is 3.58. The first-order valence-corrected chi connectivity index (χ1v) is 8.49. The molecule has 0 spiro atoms. The first-order chi connectivity index (χ1) is 10.8. The van der Waals surface area contributed by atoms with Gasteiger partial charge in [0.1, 0.15) is 0 Å². The molecule has 4 rings (SSSR count). The van der Waals surface area contributed by atoms with Crippen LogP contribution in [0.5, 0.6) is 0 Å². The lowest BCUT2D eigenvalue weighted by molar-refractivity contribution is 0.186. The minimum atomic E-state index is 0.433. The molecule has 3 aromatic rings. The van der Waals surface area contributed by atoms with Gasteiger partial charge in [0.25, 0.3) is 10.7 Å². The summed E-state index contributed by atoms with van der Waals surface area (Å²) in [4.78, 5) is 3.79. The lowest BCUT2D eigenvalue weighted by Gasteiger charge is -2.28. The van der Waals surface area contributed by atoms with Gasteiger partial charge in [-0.2, -0.15) is 0 Å². The van der Waals surface area contributed by atoms with Crippen molar-refractivity contribution in [2.24, 2.45) is 0 Å². The van der Waals surface area contributed by atoms with Gasteiger partial charge in [0.15, 0.2) is 0 Å². The molecule has 0 N–H and O–H groups in total. The third-order valence-electron chi connectivity index (χ3n) is 3.88. The summed E-state index contributed by atoms with van der Waals surface area (Å²) in [7, 11) is 0. The molecular formula is C16H15N3OS2. The van der Waals surface area contributed by atoms with Crippen LogP contribution >= 0.6 is 23.6 Å². The zero-order valence-corrected chi connectivity index (χ0v) is 13.6. The minimum absolute atomic E-state index is 0.433. The van der Waals surface area contributed by atoms with Gasteiger partial charge in [-0.1, -0.05) is 30.3 Å². The Kier molecular flexibility index (Phi) is 3.65. The van der Waals surface area contributed by atoms with Crippen molar-refractivity contribution >= 4 is 23.6 Å². The van der Waals surface area contributed by atoms with Crippen molar-refractivity contribution in [1.82, 2.24) is 14.7 Å². The Bertz CT molecular complexity index is 835. The van der Waals surface area contributed by atoms with Crippen molar-refractivity contribution < 1.29 is 4.42 Å². The number of fused-ring (bicyclic) bond motifs is 1. The fraction of sp³-hybridized carbons (Fsp3) is 0.250. The van der Waals surface area contributed by atoms with Crippen LogP contribution < -0.4 is 0 Å². The summed E-state index contributed by atoms with van der Waals surface area (Å²) in [5.74, 6) is 0.609. The maximum Gasteiger partial charge on any atom is 0.288 e. The Morgan fingerprint density at radius 3 is 2.86 bits per heavy atom. The van der Waals surface area contributed by atoms with E-state index in [4.69, 9.17) is 16.6 Å². The second-order valence-electron chi connectivity index (χ2n) is 5.36. The topological polar surface area (TPSA) is 34.2 Å². The standard InChI is InChI=1S/C16H15N3OS2/c21-16-19(17-15(20-16)14-6-3-9-22-14)11-18-8-7-12-4-1-2-5-13(12)10-18/h1-6,9H,7-8,10-11H2. The highest BCUT2D eigenvalue weighted by Gasteiger charge is 2.17. The average molecular weight is 329 g/mol. The van der Waals surface area contributed by atoms with E-state index in [1.807, 2.05) is 17.5 Å². The highest BCUT2D eigenvalue weighted by atomic mass is 32.1. The summed E-state index contributed by atoms with van der Waals surface area (Å²) < 4.78 is 7.40. The molecule has 0 atom stereocenters. The van der Waals surface area contributed by atoms with E-state index in [1.54, 1.807) is 16.0 Å². The number of benzene rings is 1. The fourth-order valence-electron chi connectivity index (χ4n) is 2.76. The molecule has 1 aromatic carbocycles. The zero-order chi connectivity index (χ0) is 14.9. The van der Waals surface area contributed by atoms with Crippen LogP contribution in [0.25, 0.3) is 10.8 Å². The van der Waals surface area contributed by atoms with Crippen LogP contribution in [0.3, 0.4) is 0 Å². The van der Waals surface area contributed by atoms with Crippen LogP contribution in [-0.2, 0) is 19.6 Å². The molecule has 0 aliphatic carbocycles. The van der Waals surface area contributed by atoms with Gasteiger partial charge in [0.2, 0.25) is 0 Å². The molecule has 6 heteroatoms. The predicted octanol–water partition coefficient (Wildman–Crippen LogP) is 3.95. The molecule has 0 bridgehead atoms. The average Bonchev–Trinajstić information content (AvgIpc) is 3.18. The van der Waals surface area contributed by atoms with E-state index in [0.717, 1.165) is 24.4 Å². The van der Waals surface area contributed by atoms with Crippen molar-refractivity contribution in [1.29, 1.82) is 0 Å².